The van der Waals surface area contributed by atoms with Gasteiger partial charge in [-0.15, -0.1) is 16.4 Å². The molecule has 0 amide bonds. The lowest BCUT2D eigenvalue weighted by Crippen LogP contribution is -2.41. The largest absolute Gasteiger partial charge is 0.365 e. The summed E-state index contributed by atoms with van der Waals surface area (Å²) in [5.41, 5.74) is 3.15. The Balaban J connectivity index is 1.65. The van der Waals surface area contributed by atoms with E-state index in [-0.39, 0.29) is 6.04 Å². The maximum atomic E-state index is 11.7. The molecule has 0 bridgehead atoms. The molecule has 0 aliphatic carbocycles. The van der Waals surface area contributed by atoms with Crippen molar-refractivity contribution in [2.45, 2.75) is 32.7 Å². The van der Waals surface area contributed by atoms with Crippen molar-refractivity contribution in [3.05, 3.63) is 11.3 Å². The Hall–Kier alpha value is -1.78. The monoisotopic (exact) mass is 394 g/mol. The number of nitrogens with one attached hydrogen (secondary N) is 1. The number of anilines is 1. The van der Waals surface area contributed by atoms with E-state index in [0.717, 1.165) is 50.4 Å². The van der Waals surface area contributed by atoms with E-state index in [0.29, 0.717) is 13.1 Å². The van der Waals surface area contributed by atoms with E-state index in [2.05, 4.69) is 27.5 Å². The SMILES string of the molecule is Cc1nnc2sc3c(NC4CCN(S(C)(=O)=O)CC4)nn(C)c3c2c1C. The smallest absolute Gasteiger partial charge is 0.211 e. The third-order valence-corrected chi connectivity index (χ3v) is 7.50. The summed E-state index contributed by atoms with van der Waals surface area (Å²) in [6.07, 6.45) is 2.81. The van der Waals surface area contributed by atoms with Gasteiger partial charge in [-0.2, -0.15) is 10.2 Å². The van der Waals surface area contributed by atoms with E-state index in [1.54, 1.807) is 15.6 Å². The Kier molecular flexibility index (Phi) is 4.16. The van der Waals surface area contributed by atoms with Crippen molar-refractivity contribution < 1.29 is 8.42 Å². The molecule has 0 saturated carbocycles. The molecule has 4 heterocycles. The number of aromatic nitrogens is 4. The van der Waals surface area contributed by atoms with Crippen LogP contribution in [0, 0.1) is 13.8 Å². The van der Waals surface area contributed by atoms with Crippen LogP contribution >= 0.6 is 11.3 Å². The van der Waals surface area contributed by atoms with Gasteiger partial charge in [-0.1, -0.05) is 0 Å². The van der Waals surface area contributed by atoms with Gasteiger partial charge in [0.05, 0.1) is 22.2 Å². The van der Waals surface area contributed by atoms with Crippen LogP contribution in [0.2, 0.25) is 0 Å². The Labute approximate surface area is 156 Å². The normalized spacial score (nSPS) is 17.4. The average Bonchev–Trinajstić information content (AvgIpc) is 3.10. The molecule has 0 radical (unpaired) electrons. The fraction of sp³-hybridized carbons (Fsp3) is 0.562. The average molecular weight is 395 g/mol. The molecule has 1 fully saturated rings. The van der Waals surface area contributed by atoms with Crippen LogP contribution in [0.4, 0.5) is 5.82 Å². The zero-order chi connectivity index (χ0) is 18.6. The fourth-order valence-corrected chi connectivity index (χ4v) is 5.56. The number of hydrogen-bond donors (Lipinski definition) is 1. The summed E-state index contributed by atoms with van der Waals surface area (Å²) >= 11 is 1.60. The van der Waals surface area contributed by atoms with E-state index in [1.807, 2.05) is 18.7 Å². The standard InChI is InChI=1S/C16H22N6O2S2/c1-9-10(2)18-19-16-12(9)13-14(25-16)15(20-21(13)3)17-11-5-7-22(8-6-11)26(4,23)24/h11H,5-8H2,1-4H3,(H,17,20). The highest BCUT2D eigenvalue weighted by Gasteiger charge is 2.26. The minimum absolute atomic E-state index is 0.213. The summed E-state index contributed by atoms with van der Waals surface area (Å²) in [4.78, 5) is 0.922. The van der Waals surface area contributed by atoms with E-state index < -0.39 is 10.0 Å². The second kappa shape index (κ2) is 6.14. The zero-order valence-corrected chi connectivity index (χ0v) is 16.9. The van der Waals surface area contributed by atoms with E-state index in [1.165, 1.54) is 6.26 Å². The van der Waals surface area contributed by atoms with Gasteiger partial charge >= 0.3 is 0 Å². The summed E-state index contributed by atoms with van der Waals surface area (Å²) in [5, 5.41) is 17.9. The molecule has 3 aromatic rings. The molecule has 10 heteroatoms. The van der Waals surface area contributed by atoms with Gasteiger partial charge in [-0.05, 0) is 32.3 Å². The number of rotatable bonds is 3. The van der Waals surface area contributed by atoms with Crippen molar-refractivity contribution in [1.29, 1.82) is 0 Å². The molecule has 1 saturated heterocycles. The van der Waals surface area contributed by atoms with Crippen molar-refractivity contribution >= 4 is 47.6 Å². The molecule has 1 aliphatic rings. The number of nitrogens with zero attached hydrogens (tertiary/aromatic N) is 5. The molecule has 0 aromatic carbocycles. The van der Waals surface area contributed by atoms with Crippen LogP contribution in [0.5, 0.6) is 0 Å². The highest BCUT2D eigenvalue weighted by Crippen LogP contribution is 2.39. The number of sulfonamides is 1. The number of piperidine rings is 1. The number of thiophene rings is 1. The van der Waals surface area contributed by atoms with Crippen LogP contribution < -0.4 is 5.32 Å². The van der Waals surface area contributed by atoms with Gasteiger partial charge in [-0.3, -0.25) is 4.68 Å². The molecule has 1 aliphatic heterocycles. The number of hydrogen-bond acceptors (Lipinski definition) is 7. The van der Waals surface area contributed by atoms with Crippen LogP contribution in [0.1, 0.15) is 24.1 Å². The molecule has 3 aromatic heterocycles. The first kappa shape index (κ1) is 17.6. The van der Waals surface area contributed by atoms with Crippen molar-refractivity contribution in [2.75, 3.05) is 24.7 Å². The highest BCUT2D eigenvalue weighted by molar-refractivity contribution is 7.88. The van der Waals surface area contributed by atoms with E-state index >= 15 is 0 Å². The molecule has 0 atom stereocenters. The Bertz CT molecular complexity index is 1090. The Morgan fingerprint density at radius 2 is 1.88 bits per heavy atom. The minimum atomic E-state index is -3.11. The molecule has 8 nitrogen and oxygen atoms in total. The van der Waals surface area contributed by atoms with E-state index in [9.17, 15) is 8.42 Å². The molecular weight excluding hydrogens is 372 g/mol. The van der Waals surface area contributed by atoms with Gasteiger partial charge < -0.3 is 5.32 Å². The third kappa shape index (κ3) is 2.85. The Morgan fingerprint density at radius 3 is 2.54 bits per heavy atom. The summed E-state index contributed by atoms with van der Waals surface area (Å²) in [6, 6.07) is 0.213. The van der Waals surface area contributed by atoms with Gasteiger partial charge in [0.2, 0.25) is 10.0 Å². The van der Waals surface area contributed by atoms with Crippen LogP contribution in [-0.4, -0.2) is 58.1 Å². The summed E-state index contributed by atoms with van der Waals surface area (Å²) in [7, 11) is -1.16. The molecule has 1 N–H and O–H groups in total. The zero-order valence-electron chi connectivity index (χ0n) is 15.3. The topological polar surface area (TPSA) is 93.0 Å². The predicted molar refractivity (Wildman–Crippen MR) is 104 cm³/mol. The lowest BCUT2D eigenvalue weighted by molar-refractivity contribution is 0.331. The van der Waals surface area contributed by atoms with Crippen molar-refractivity contribution in [2.24, 2.45) is 7.05 Å². The van der Waals surface area contributed by atoms with Gasteiger partial charge in [-0.25, -0.2) is 12.7 Å². The van der Waals surface area contributed by atoms with Gasteiger partial charge in [0.1, 0.15) is 4.83 Å². The minimum Gasteiger partial charge on any atom is -0.365 e. The lowest BCUT2D eigenvalue weighted by atomic mass is 10.1. The maximum Gasteiger partial charge on any atom is 0.211 e. The number of fused-ring (bicyclic) bond motifs is 3. The molecule has 0 spiro atoms. The van der Waals surface area contributed by atoms with Crippen LogP contribution in [0.25, 0.3) is 20.4 Å². The molecule has 26 heavy (non-hydrogen) atoms. The van der Waals surface area contributed by atoms with Crippen LogP contribution in [0.15, 0.2) is 0 Å². The second-order valence-electron chi connectivity index (χ2n) is 6.92. The first-order chi connectivity index (χ1) is 12.3. The number of aryl methyl sites for hydroxylation is 3. The van der Waals surface area contributed by atoms with E-state index in [4.69, 9.17) is 0 Å². The quantitative estimate of drug-likeness (QED) is 0.731. The fourth-order valence-electron chi connectivity index (χ4n) is 3.53. The summed E-state index contributed by atoms with van der Waals surface area (Å²) < 4.78 is 27.9. The second-order valence-corrected chi connectivity index (χ2v) is 9.90. The predicted octanol–water partition coefficient (Wildman–Crippen LogP) is 2.03. The van der Waals surface area contributed by atoms with Crippen molar-refractivity contribution in [3.63, 3.8) is 0 Å². The molecular formula is C16H22N6O2S2. The van der Waals surface area contributed by atoms with Crippen LogP contribution in [0.3, 0.4) is 0 Å². The van der Waals surface area contributed by atoms with Gasteiger partial charge in [0.15, 0.2) is 5.82 Å². The van der Waals surface area contributed by atoms with Crippen molar-refractivity contribution in [1.82, 2.24) is 24.3 Å². The third-order valence-electron chi connectivity index (χ3n) is 5.13. The van der Waals surface area contributed by atoms with Crippen molar-refractivity contribution in [3.8, 4) is 0 Å². The molecule has 0 unspecified atom stereocenters. The summed E-state index contributed by atoms with van der Waals surface area (Å²) in [6.45, 7) is 5.13. The van der Waals surface area contributed by atoms with Gasteiger partial charge in [0, 0.05) is 31.6 Å². The van der Waals surface area contributed by atoms with Crippen LogP contribution in [-0.2, 0) is 17.1 Å². The first-order valence-corrected chi connectivity index (χ1v) is 11.2. The first-order valence-electron chi connectivity index (χ1n) is 8.56. The Morgan fingerprint density at radius 1 is 1.19 bits per heavy atom. The van der Waals surface area contributed by atoms with Gasteiger partial charge in [0.25, 0.3) is 0 Å². The molecule has 140 valence electrons. The summed E-state index contributed by atoms with van der Waals surface area (Å²) in [5.74, 6) is 0.848. The highest BCUT2D eigenvalue weighted by atomic mass is 32.2. The molecule has 4 rings (SSSR count). The lowest BCUT2D eigenvalue weighted by Gasteiger charge is -2.30. The maximum absolute atomic E-state index is 11.7.